The average molecular weight is 276 g/mol. The molecule has 20 heavy (non-hydrogen) atoms. The Morgan fingerprint density at radius 1 is 1.30 bits per heavy atom. The first-order chi connectivity index (χ1) is 9.60. The van der Waals surface area contributed by atoms with Gasteiger partial charge in [-0.05, 0) is 43.9 Å². The van der Waals surface area contributed by atoms with Crippen molar-refractivity contribution in [3.8, 4) is 0 Å². The second-order valence-electron chi connectivity index (χ2n) is 6.57. The van der Waals surface area contributed by atoms with Crippen LogP contribution in [0.1, 0.15) is 49.8 Å². The van der Waals surface area contributed by atoms with Crippen LogP contribution in [0.4, 0.5) is 4.39 Å². The normalized spacial score (nSPS) is 24.1. The van der Waals surface area contributed by atoms with E-state index in [1.807, 2.05) is 13.0 Å². The highest BCUT2D eigenvalue weighted by molar-refractivity contribution is 5.25. The van der Waals surface area contributed by atoms with Crippen LogP contribution in [0.5, 0.6) is 0 Å². The molecule has 3 rings (SSSR count). The van der Waals surface area contributed by atoms with Gasteiger partial charge in [-0.15, -0.1) is 0 Å². The average Bonchev–Trinajstić information content (AvgIpc) is 2.89. The van der Waals surface area contributed by atoms with Gasteiger partial charge in [0.1, 0.15) is 5.82 Å². The van der Waals surface area contributed by atoms with Crippen LogP contribution in [0.3, 0.4) is 0 Å². The summed E-state index contributed by atoms with van der Waals surface area (Å²) >= 11 is 0. The van der Waals surface area contributed by atoms with Crippen LogP contribution in [0.2, 0.25) is 0 Å². The molecular weight excluding hydrogens is 251 g/mol. The highest BCUT2D eigenvalue weighted by Crippen LogP contribution is 2.34. The van der Waals surface area contributed by atoms with Crippen molar-refractivity contribution < 1.29 is 4.39 Å². The summed E-state index contributed by atoms with van der Waals surface area (Å²) in [5.74, 6) is -0.0833. The van der Waals surface area contributed by atoms with E-state index in [9.17, 15) is 4.39 Å². The van der Waals surface area contributed by atoms with E-state index in [4.69, 9.17) is 0 Å². The minimum atomic E-state index is -0.0833. The molecule has 2 aliphatic rings. The molecule has 1 aliphatic heterocycles. The smallest absolute Gasteiger partial charge is 0.126 e. The monoisotopic (exact) mass is 276 g/mol. The number of piperazine rings is 1. The fourth-order valence-electron chi connectivity index (χ4n) is 3.79. The molecule has 0 radical (unpaired) electrons. The predicted octanol–water partition coefficient (Wildman–Crippen LogP) is 3.41. The fraction of sp³-hybridized carbons (Fsp3) is 0.647. The van der Waals surface area contributed by atoms with E-state index < -0.39 is 0 Å². The second-order valence-corrected chi connectivity index (χ2v) is 6.57. The van der Waals surface area contributed by atoms with E-state index in [1.165, 1.54) is 25.7 Å². The SMILES string of the molecule is Cc1ccc(C(C)N2CCNC3(CCCC3)C2)cc1F. The van der Waals surface area contributed by atoms with Crippen LogP contribution >= 0.6 is 0 Å². The number of nitrogens with zero attached hydrogens (tertiary/aromatic N) is 1. The van der Waals surface area contributed by atoms with E-state index in [1.54, 1.807) is 6.07 Å². The minimum Gasteiger partial charge on any atom is -0.309 e. The molecule has 110 valence electrons. The van der Waals surface area contributed by atoms with Gasteiger partial charge in [-0.2, -0.15) is 0 Å². The largest absolute Gasteiger partial charge is 0.309 e. The Morgan fingerprint density at radius 3 is 2.75 bits per heavy atom. The van der Waals surface area contributed by atoms with Crippen molar-refractivity contribution in [1.29, 1.82) is 0 Å². The zero-order chi connectivity index (χ0) is 14.2. The summed E-state index contributed by atoms with van der Waals surface area (Å²) in [5, 5.41) is 3.74. The Balaban J connectivity index is 1.75. The molecule has 2 nitrogen and oxygen atoms in total. The van der Waals surface area contributed by atoms with Crippen LogP contribution in [-0.4, -0.2) is 30.1 Å². The lowest BCUT2D eigenvalue weighted by molar-refractivity contribution is 0.100. The van der Waals surface area contributed by atoms with Crippen molar-refractivity contribution in [2.24, 2.45) is 0 Å². The van der Waals surface area contributed by atoms with Crippen LogP contribution in [0.25, 0.3) is 0 Å². The van der Waals surface area contributed by atoms with Crippen molar-refractivity contribution in [3.63, 3.8) is 0 Å². The number of hydrogen-bond acceptors (Lipinski definition) is 2. The Kier molecular flexibility index (Phi) is 3.83. The standard InChI is InChI=1S/C17H25FN2/c1-13-5-6-15(11-16(13)18)14(2)20-10-9-19-17(12-20)7-3-4-8-17/h5-6,11,14,19H,3-4,7-10,12H2,1-2H3. The lowest BCUT2D eigenvalue weighted by Crippen LogP contribution is -2.59. The number of halogens is 1. The summed E-state index contributed by atoms with van der Waals surface area (Å²) in [6.07, 6.45) is 5.26. The van der Waals surface area contributed by atoms with Gasteiger partial charge in [-0.25, -0.2) is 4.39 Å². The van der Waals surface area contributed by atoms with E-state index in [0.29, 0.717) is 11.6 Å². The van der Waals surface area contributed by atoms with Gasteiger partial charge in [0.25, 0.3) is 0 Å². The maximum Gasteiger partial charge on any atom is 0.126 e. The van der Waals surface area contributed by atoms with Gasteiger partial charge in [0.15, 0.2) is 0 Å². The molecule has 0 bridgehead atoms. The predicted molar refractivity (Wildman–Crippen MR) is 80.3 cm³/mol. The molecule has 1 heterocycles. The maximum absolute atomic E-state index is 13.8. The third-order valence-corrected chi connectivity index (χ3v) is 5.19. The second kappa shape index (κ2) is 5.45. The first kappa shape index (κ1) is 14.0. The zero-order valence-electron chi connectivity index (χ0n) is 12.6. The van der Waals surface area contributed by atoms with Gasteiger partial charge in [0, 0.05) is 31.2 Å². The molecular formula is C17H25FN2. The first-order valence-corrected chi connectivity index (χ1v) is 7.85. The van der Waals surface area contributed by atoms with Crippen molar-refractivity contribution >= 4 is 0 Å². The van der Waals surface area contributed by atoms with Gasteiger partial charge in [0.05, 0.1) is 0 Å². The lowest BCUT2D eigenvalue weighted by atomic mass is 9.92. The molecule has 3 heteroatoms. The summed E-state index contributed by atoms with van der Waals surface area (Å²) in [6.45, 7) is 7.24. The quantitative estimate of drug-likeness (QED) is 0.890. The zero-order valence-corrected chi connectivity index (χ0v) is 12.6. The third-order valence-electron chi connectivity index (χ3n) is 5.19. The van der Waals surface area contributed by atoms with Crippen molar-refractivity contribution in [2.75, 3.05) is 19.6 Å². The molecule has 0 aromatic heterocycles. The molecule has 1 atom stereocenters. The van der Waals surface area contributed by atoms with Crippen molar-refractivity contribution in [3.05, 3.63) is 35.1 Å². The number of benzene rings is 1. The van der Waals surface area contributed by atoms with Crippen LogP contribution in [-0.2, 0) is 0 Å². The van der Waals surface area contributed by atoms with Crippen LogP contribution in [0.15, 0.2) is 18.2 Å². The van der Waals surface area contributed by atoms with Gasteiger partial charge < -0.3 is 5.32 Å². The Bertz CT molecular complexity index is 480. The van der Waals surface area contributed by atoms with Gasteiger partial charge in [-0.3, -0.25) is 4.90 Å². The highest BCUT2D eigenvalue weighted by atomic mass is 19.1. The molecule has 1 saturated heterocycles. The van der Waals surface area contributed by atoms with Gasteiger partial charge in [-0.1, -0.05) is 25.0 Å². The summed E-state index contributed by atoms with van der Waals surface area (Å²) in [6, 6.07) is 5.98. The van der Waals surface area contributed by atoms with E-state index in [-0.39, 0.29) is 5.82 Å². The molecule has 1 N–H and O–H groups in total. The number of rotatable bonds is 2. The molecule has 1 saturated carbocycles. The Morgan fingerprint density at radius 2 is 2.05 bits per heavy atom. The van der Waals surface area contributed by atoms with Crippen LogP contribution < -0.4 is 5.32 Å². The maximum atomic E-state index is 13.8. The first-order valence-electron chi connectivity index (χ1n) is 7.85. The number of nitrogens with one attached hydrogen (secondary N) is 1. The molecule has 1 spiro atoms. The summed E-state index contributed by atoms with van der Waals surface area (Å²) < 4.78 is 13.8. The molecule has 2 fully saturated rings. The molecule has 1 aromatic rings. The molecule has 1 unspecified atom stereocenters. The molecule has 0 amide bonds. The molecule has 1 aliphatic carbocycles. The summed E-state index contributed by atoms with van der Waals surface area (Å²) in [5.41, 5.74) is 2.16. The Hall–Kier alpha value is -0.930. The third kappa shape index (κ3) is 2.61. The van der Waals surface area contributed by atoms with Crippen molar-refractivity contribution in [2.45, 2.75) is 51.1 Å². The highest BCUT2D eigenvalue weighted by Gasteiger charge is 2.38. The topological polar surface area (TPSA) is 15.3 Å². The Labute approximate surface area is 121 Å². The van der Waals surface area contributed by atoms with E-state index in [2.05, 4.69) is 23.2 Å². The summed E-state index contributed by atoms with van der Waals surface area (Å²) in [7, 11) is 0. The fourth-order valence-corrected chi connectivity index (χ4v) is 3.79. The van der Waals surface area contributed by atoms with E-state index >= 15 is 0 Å². The number of hydrogen-bond donors (Lipinski definition) is 1. The van der Waals surface area contributed by atoms with Crippen molar-refractivity contribution in [1.82, 2.24) is 10.2 Å². The van der Waals surface area contributed by atoms with Gasteiger partial charge >= 0.3 is 0 Å². The van der Waals surface area contributed by atoms with Crippen LogP contribution in [0, 0.1) is 12.7 Å². The molecule has 1 aromatic carbocycles. The summed E-state index contributed by atoms with van der Waals surface area (Å²) in [4.78, 5) is 2.52. The van der Waals surface area contributed by atoms with Gasteiger partial charge in [0.2, 0.25) is 0 Å². The minimum absolute atomic E-state index is 0.0833. The lowest BCUT2D eigenvalue weighted by Gasteiger charge is -2.44. The number of aryl methyl sites for hydroxylation is 1. The van der Waals surface area contributed by atoms with E-state index in [0.717, 1.165) is 30.8 Å².